The van der Waals surface area contributed by atoms with Gasteiger partial charge in [-0.1, -0.05) is 292 Å². The Labute approximate surface area is 663 Å². The van der Waals surface area contributed by atoms with Crippen molar-refractivity contribution in [3.8, 4) is 67.8 Å². The molecule has 8 heteroatoms. The highest BCUT2D eigenvalue weighted by molar-refractivity contribution is 7.00. The second kappa shape index (κ2) is 25.4. The normalized spacial score (nSPS) is 15.1. The molecule has 0 unspecified atom stereocenters. The Morgan fingerprint density at radius 2 is 0.670 bits per heavy atom. The van der Waals surface area contributed by atoms with Crippen molar-refractivity contribution >= 4 is 101 Å². The molecule has 0 N–H and O–H groups in total. The van der Waals surface area contributed by atoms with Crippen LogP contribution in [0.15, 0.2) is 285 Å². The van der Waals surface area contributed by atoms with Crippen molar-refractivity contribution in [2.24, 2.45) is 0 Å². The Bertz CT molecular complexity index is 6980. The van der Waals surface area contributed by atoms with Crippen molar-refractivity contribution in [2.75, 3.05) is 9.80 Å². The molecule has 5 heterocycles. The maximum Gasteiger partial charge on any atom is 0.252 e. The van der Waals surface area contributed by atoms with Gasteiger partial charge in [-0.3, -0.25) is 0 Å². The third-order valence-electron chi connectivity index (χ3n) is 22.0. The highest BCUT2D eigenvalue weighted by atomic mass is 15.2. The van der Waals surface area contributed by atoms with Crippen molar-refractivity contribution in [1.29, 1.82) is 0 Å². The zero-order valence-corrected chi connectivity index (χ0v) is 64.2. The van der Waals surface area contributed by atoms with Gasteiger partial charge in [0.05, 0.1) is 59.7 Å². The molecule has 109 heavy (non-hydrogen) atoms. The first kappa shape index (κ1) is 53.8. The maximum absolute atomic E-state index is 9.66. The average molecular weight is 1430 g/mol. The van der Waals surface area contributed by atoms with E-state index >= 15 is 0 Å². The molecule has 18 rings (SSSR count). The van der Waals surface area contributed by atoms with E-state index in [0.29, 0.717) is 28.2 Å². The highest BCUT2D eigenvalue weighted by Crippen LogP contribution is 2.52. The number of aromatic nitrogens is 5. The smallest absolute Gasteiger partial charge is 0.252 e. The van der Waals surface area contributed by atoms with Crippen LogP contribution in [0.3, 0.4) is 0 Å². The summed E-state index contributed by atoms with van der Waals surface area (Å²) in [6.45, 7) is 32.1. The topological polar surface area (TPSA) is 55.0 Å². The number of nitrogens with zero attached hydrogens (tertiary/aromatic N) is 7. The molecule has 0 aliphatic carbocycles. The Hall–Kier alpha value is -11.9. The summed E-state index contributed by atoms with van der Waals surface area (Å²) in [5.41, 5.74) is 17.0. The Balaban J connectivity index is 1.06. The SMILES string of the molecule is [2H]c1c([2H])c([2H])c(-c2ccc3c(c2)B2c4ccc(-n5c6ccc(C(C)(C)C)cc6c6cc(C(C)(C)C)ccc65)cc4N(c4ccc(C(C)(C)C)cc4-c4nc(-c5c([2H])c([2H])c([2H])c([2H])c5[2H])nc(-c5c([2H])c([2H])c([2H])c([2H])c5[2H])n4)c4cc(-n5c6ccc(C(C)(C)C)cc6c6cc(C(C)(C)C)ccc65)cc(c42)N3c2ccccc2-c2ccccc2)c([2H])c1[2H]. The van der Waals surface area contributed by atoms with E-state index in [-0.39, 0.29) is 45.1 Å². The lowest BCUT2D eigenvalue weighted by atomic mass is 9.33. The number of rotatable bonds is 9. The molecular weight excluding hydrogens is 1320 g/mol. The van der Waals surface area contributed by atoms with Gasteiger partial charge >= 0.3 is 0 Å². The van der Waals surface area contributed by atoms with Gasteiger partial charge in [0, 0.05) is 72.2 Å². The monoisotopic (exact) mass is 1430 g/mol. The summed E-state index contributed by atoms with van der Waals surface area (Å²) in [5, 5.41) is 4.18. The molecule has 0 amide bonds. The van der Waals surface area contributed by atoms with Crippen molar-refractivity contribution in [1.82, 2.24) is 24.1 Å². The minimum atomic E-state index is -0.760. The summed E-state index contributed by atoms with van der Waals surface area (Å²) in [6, 6.07) is 59.6. The van der Waals surface area contributed by atoms with Gasteiger partial charge in [0.25, 0.3) is 6.71 Å². The predicted molar refractivity (Wildman–Crippen MR) is 463 cm³/mol. The summed E-state index contributed by atoms with van der Waals surface area (Å²) in [6.07, 6.45) is 0. The van der Waals surface area contributed by atoms with Gasteiger partial charge in [-0.25, -0.2) is 15.0 Å². The van der Waals surface area contributed by atoms with Crippen LogP contribution in [-0.2, 0) is 27.1 Å². The van der Waals surface area contributed by atoms with E-state index in [4.69, 9.17) is 27.3 Å². The van der Waals surface area contributed by atoms with E-state index in [9.17, 15) is 8.22 Å². The average Bonchev–Trinajstić information content (AvgIpc) is 0.941. The van der Waals surface area contributed by atoms with Crippen molar-refractivity contribution < 1.29 is 20.6 Å². The van der Waals surface area contributed by atoms with Crippen LogP contribution in [0.2, 0.25) is 0 Å². The largest absolute Gasteiger partial charge is 0.311 e. The molecule has 0 radical (unpaired) electrons. The minimum Gasteiger partial charge on any atom is -0.311 e. The fraction of sp³-hybridized carbons (Fsp3) is 0.198. The summed E-state index contributed by atoms with van der Waals surface area (Å²) < 4.78 is 143. The van der Waals surface area contributed by atoms with Gasteiger partial charge in [-0.05, 0) is 185 Å². The van der Waals surface area contributed by atoms with E-state index < -0.39 is 113 Å². The number of para-hydroxylation sites is 1. The van der Waals surface area contributed by atoms with Crippen LogP contribution < -0.4 is 26.2 Å². The first-order chi connectivity index (χ1) is 58.4. The lowest BCUT2D eigenvalue weighted by Crippen LogP contribution is -2.61. The Kier molecular flexibility index (Phi) is 12.5. The first-order valence-electron chi connectivity index (χ1n) is 44.9. The summed E-state index contributed by atoms with van der Waals surface area (Å²) in [7, 11) is 0. The van der Waals surface area contributed by atoms with E-state index in [1.807, 2.05) is 60.7 Å². The van der Waals surface area contributed by atoms with Gasteiger partial charge in [-0.2, -0.15) is 0 Å². The third-order valence-corrected chi connectivity index (χ3v) is 22.0. The fourth-order valence-electron chi connectivity index (χ4n) is 16.1. The molecule has 16 aromatic rings. The van der Waals surface area contributed by atoms with E-state index in [1.165, 1.54) is 0 Å². The quantitative estimate of drug-likeness (QED) is 0.135. The van der Waals surface area contributed by atoms with E-state index in [1.54, 1.807) is 0 Å². The summed E-state index contributed by atoms with van der Waals surface area (Å²) in [4.78, 5) is 20.0. The van der Waals surface area contributed by atoms with E-state index in [2.05, 4.69) is 256 Å². The predicted octanol–water partition coefficient (Wildman–Crippen LogP) is 25.0. The van der Waals surface area contributed by atoms with Gasteiger partial charge < -0.3 is 18.9 Å². The fourth-order valence-corrected chi connectivity index (χ4v) is 16.1. The lowest BCUT2D eigenvalue weighted by molar-refractivity contribution is 0.590. The first-order valence-corrected chi connectivity index (χ1v) is 37.4. The van der Waals surface area contributed by atoms with Crippen molar-refractivity contribution in [3.63, 3.8) is 0 Å². The van der Waals surface area contributed by atoms with E-state index in [0.717, 1.165) is 127 Å². The zero-order chi connectivity index (χ0) is 88.4. The molecular formula is C101H92BN7. The van der Waals surface area contributed by atoms with Crippen molar-refractivity contribution in [3.05, 3.63) is 313 Å². The van der Waals surface area contributed by atoms with Crippen LogP contribution in [0, 0.1) is 0 Å². The van der Waals surface area contributed by atoms with Crippen LogP contribution >= 0.6 is 0 Å². The molecule has 2 aliphatic heterocycles. The van der Waals surface area contributed by atoms with Gasteiger partial charge in [0.1, 0.15) is 0 Å². The summed E-state index contributed by atoms with van der Waals surface area (Å²) in [5.74, 6) is -1.00. The van der Waals surface area contributed by atoms with Gasteiger partial charge in [0.2, 0.25) is 0 Å². The van der Waals surface area contributed by atoms with Gasteiger partial charge in [-0.15, -0.1) is 0 Å². The third kappa shape index (κ3) is 11.8. The Morgan fingerprint density at radius 1 is 0.275 bits per heavy atom. The minimum absolute atomic E-state index is 0.0255. The molecule has 0 bridgehead atoms. The Morgan fingerprint density at radius 3 is 1.16 bits per heavy atom. The molecule has 0 atom stereocenters. The van der Waals surface area contributed by atoms with Gasteiger partial charge in [0.15, 0.2) is 17.5 Å². The van der Waals surface area contributed by atoms with Crippen LogP contribution in [0.25, 0.3) is 111 Å². The number of anilines is 6. The van der Waals surface area contributed by atoms with Crippen LogP contribution in [-0.4, -0.2) is 30.8 Å². The molecule has 13 aromatic carbocycles. The lowest BCUT2D eigenvalue weighted by Gasteiger charge is -2.45. The zero-order valence-electron chi connectivity index (χ0n) is 79.2. The number of hydrogen-bond acceptors (Lipinski definition) is 5. The molecule has 2 aliphatic rings. The second-order valence-corrected chi connectivity index (χ2v) is 34.3. The molecule has 0 fully saturated rings. The molecule has 0 saturated heterocycles. The standard InChI is InChI=1S/C101H92BN7/c1-97(2,3)68-41-49-84-76(55-68)77-56-69(98(4,5)6)42-50-85(77)106(84)73-46-47-81-90(60-73)109(88-53-45-72(101(13,14)15)59-80(88)96-104-94(65-34-24-18-25-35-65)103-95(105-96)66-36-26-19-27-37-66)92-62-74(107-86-51-43-70(99(7,8)9)57-78(86)79-58-71(100(10,11)12)44-52-87(79)107)61-91-93(92)102(81)82-54-67(63-30-20-16-21-31-63)40-48-89(82)108(91)83-39-29-28-38-75(83)64-32-22-17-23-33-64/h16-62H,1-15H3/i16D,18D,19D,20D,21D,24D,25D,26D,27D,30D,31D,34D,35D,36D,37D. The van der Waals surface area contributed by atoms with Crippen LogP contribution in [0.5, 0.6) is 0 Å². The van der Waals surface area contributed by atoms with Crippen LogP contribution in [0.4, 0.5) is 34.1 Å². The molecule has 7 nitrogen and oxygen atoms in total. The number of benzene rings is 13. The second-order valence-electron chi connectivity index (χ2n) is 34.3. The number of hydrogen-bond donors (Lipinski definition) is 0. The molecule has 0 saturated carbocycles. The maximum atomic E-state index is 9.66. The highest BCUT2D eigenvalue weighted by Gasteiger charge is 2.46. The summed E-state index contributed by atoms with van der Waals surface area (Å²) >= 11 is 0. The van der Waals surface area contributed by atoms with Crippen LogP contribution in [0.1, 0.15) is 152 Å². The number of fused-ring (bicyclic) bond motifs is 10. The molecule has 3 aromatic heterocycles. The molecule has 0 spiro atoms. The van der Waals surface area contributed by atoms with Crippen molar-refractivity contribution in [2.45, 2.75) is 131 Å². The molecule has 534 valence electrons.